The number of amidine groups is 1. The predicted molar refractivity (Wildman–Crippen MR) is 70.6 cm³/mol. The van der Waals surface area contributed by atoms with Crippen LogP contribution in [0.15, 0.2) is 24.3 Å². The third-order valence-corrected chi connectivity index (χ3v) is 3.74. The molecule has 1 fully saturated rings. The average molecular weight is 261 g/mol. The van der Waals surface area contributed by atoms with Crippen molar-refractivity contribution < 1.29 is 10.2 Å². The van der Waals surface area contributed by atoms with Gasteiger partial charge < -0.3 is 4.90 Å². The number of carbonyl (C=O) groups is 1. The molecule has 1 amide bonds. The number of hydrogen-bond acceptors (Lipinski definition) is 3. The third kappa shape index (κ3) is 2.46. The van der Waals surface area contributed by atoms with Crippen LogP contribution in [-0.4, -0.2) is 22.9 Å². The Labute approximate surface area is 109 Å². The van der Waals surface area contributed by atoms with Gasteiger partial charge in [0, 0.05) is 12.2 Å². The summed E-state index contributed by atoms with van der Waals surface area (Å²) in [5.41, 5.74) is 6.79. The summed E-state index contributed by atoms with van der Waals surface area (Å²) in [6, 6.07) is 9.00. The molecule has 0 spiro atoms. The van der Waals surface area contributed by atoms with Crippen molar-refractivity contribution >= 4 is 28.5 Å². The second-order valence-electron chi connectivity index (χ2n) is 3.95. The van der Waals surface area contributed by atoms with Gasteiger partial charge in [0.2, 0.25) is 5.91 Å². The first-order valence-corrected chi connectivity index (χ1v) is 6.36. The zero-order valence-electron chi connectivity index (χ0n) is 9.67. The fraction of sp³-hybridized carbons (Fsp3) is 0.250. The van der Waals surface area contributed by atoms with Crippen LogP contribution in [0.5, 0.6) is 0 Å². The summed E-state index contributed by atoms with van der Waals surface area (Å²) >= 11 is 1.20. The maximum absolute atomic E-state index is 12.1. The van der Waals surface area contributed by atoms with E-state index in [1.54, 1.807) is 29.2 Å². The summed E-state index contributed by atoms with van der Waals surface area (Å²) in [6.45, 7) is 0.648. The highest BCUT2D eigenvalue weighted by atomic mass is 32.2. The number of thioether (sulfide) groups is 1. The van der Waals surface area contributed by atoms with E-state index in [0.717, 1.165) is 12.1 Å². The molecule has 92 valence electrons. The lowest BCUT2D eigenvalue weighted by Crippen LogP contribution is -2.45. The van der Waals surface area contributed by atoms with E-state index in [9.17, 15) is 4.79 Å². The van der Waals surface area contributed by atoms with E-state index in [1.807, 2.05) is 6.07 Å². The first-order chi connectivity index (χ1) is 8.61. The zero-order valence-corrected chi connectivity index (χ0v) is 10.5. The predicted octanol–water partition coefficient (Wildman–Crippen LogP) is -0.529. The summed E-state index contributed by atoms with van der Waals surface area (Å²) in [5.74, 6) is 0.0121. The van der Waals surface area contributed by atoms with Gasteiger partial charge in [-0.25, -0.2) is 0 Å². The number of nitrogens with two attached hydrogens (primary N) is 2. The van der Waals surface area contributed by atoms with Gasteiger partial charge in [0.1, 0.15) is 0 Å². The van der Waals surface area contributed by atoms with E-state index in [-0.39, 0.29) is 16.3 Å². The van der Waals surface area contributed by atoms with Crippen LogP contribution < -0.4 is 16.0 Å². The molecule has 1 saturated heterocycles. The third-order valence-electron chi connectivity index (χ3n) is 2.74. The van der Waals surface area contributed by atoms with Gasteiger partial charge >= 0.3 is 5.17 Å². The van der Waals surface area contributed by atoms with Gasteiger partial charge in [-0.05, 0) is 42.4 Å². The Bertz CT molecular complexity index is 520. The van der Waals surface area contributed by atoms with E-state index < -0.39 is 0 Å². The lowest BCUT2D eigenvalue weighted by molar-refractivity contribution is -0.117. The maximum atomic E-state index is 12.1. The second kappa shape index (κ2) is 5.10. The lowest BCUT2D eigenvalue weighted by atomic mass is 10.2. The van der Waals surface area contributed by atoms with E-state index >= 15 is 0 Å². The molecule has 6 heteroatoms. The Balaban J connectivity index is 2.13. The number of hydrogen-bond donors (Lipinski definition) is 2. The fourth-order valence-corrected chi connectivity index (χ4v) is 2.68. The molecule has 2 rings (SSSR count). The number of amides is 1. The Morgan fingerprint density at radius 3 is 2.72 bits per heavy atom. The van der Waals surface area contributed by atoms with Crippen LogP contribution in [0.1, 0.15) is 12.0 Å². The first-order valence-electron chi connectivity index (χ1n) is 5.48. The van der Waals surface area contributed by atoms with Crippen molar-refractivity contribution in [2.24, 2.45) is 5.73 Å². The molecule has 0 saturated carbocycles. The number of rotatable bonds is 2. The van der Waals surface area contributed by atoms with Crippen molar-refractivity contribution in [3.63, 3.8) is 0 Å². The molecule has 1 heterocycles. The van der Waals surface area contributed by atoms with Crippen molar-refractivity contribution in [3.05, 3.63) is 29.8 Å². The van der Waals surface area contributed by atoms with Crippen LogP contribution >= 0.6 is 11.8 Å². The number of nitriles is 1. The summed E-state index contributed by atoms with van der Waals surface area (Å²) in [6.07, 6.45) is 0.724. The smallest absolute Gasteiger partial charge is 0.300 e. The van der Waals surface area contributed by atoms with E-state index in [1.165, 1.54) is 11.8 Å². The minimum atomic E-state index is -0.203. The molecule has 1 aromatic carbocycles. The highest BCUT2D eigenvalue weighted by molar-refractivity contribution is 8.14. The van der Waals surface area contributed by atoms with Crippen LogP contribution in [0.2, 0.25) is 0 Å². The lowest BCUT2D eigenvalue weighted by Gasteiger charge is -2.16. The molecular weight excluding hydrogens is 248 g/mol. The van der Waals surface area contributed by atoms with Crippen LogP contribution in [-0.2, 0) is 4.79 Å². The molecule has 0 aromatic heterocycles. The molecule has 1 aliphatic rings. The van der Waals surface area contributed by atoms with Crippen molar-refractivity contribution in [2.75, 3.05) is 11.4 Å². The highest BCUT2D eigenvalue weighted by Gasteiger charge is 2.34. The highest BCUT2D eigenvalue weighted by Crippen LogP contribution is 2.27. The SMILES string of the molecule is N#Cc1ccc(N2CCC(SC(N)=[NH2+])C2=O)cc1. The van der Waals surface area contributed by atoms with Crippen LogP contribution in [0.3, 0.4) is 0 Å². The van der Waals surface area contributed by atoms with Crippen molar-refractivity contribution in [1.82, 2.24) is 0 Å². The number of benzene rings is 1. The topological polar surface area (TPSA) is 95.7 Å². The summed E-state index contributed by atoms with van der Waals surface area (Å²) < 4.78 is 0. The molecule has 4 N–H and O–H groups in total. The maximum Gasteiger partial charge on any atom is 0.300 e. The average Bonchev–Trinajstić information content (AvgIpc) is 2.71. The summed E-state index contributed by atoms with van der Waals surface area (Å²) in [7, 11) is 0. The number of anilines is 1. The molecule has 0 aliphatic carbocycles. The molecule has 1 aromatic rings. The largest absolute Gasteiger partial charge is 0.311 e. The molecule has 0 bridgehead atoms. The minimum Gasteiger partial charge on any atom is -0.311 e. The summed E-state index contributed by atoms with van der Waals surface area (Å²) in [5, 5.41) is 14.1. The normalized spacial score (nSPS) is 18.7. The van der Waals surface area contributed by atoms with Gasteiger partial charge in [-0.1, -0.05) is 0 Å². The molecule has 5 nitrogen and oxygen atoms in total. The molecule has 1 atom stereocenters. The van der Waals surface area contributed by atoms with Gasteiger partial charge in [0.15, 0.2) is 0 Å². The summed E-state index contributed by atoms with van der Waals surface area (Å²) in [4.78, 5) is 13.8. The Morgan fingerprint density at radius 1 is 1.50 bits per heavy atom. The van der Waals surface area contributed by atoms with Gasteiger partial charge in [-0.3, -0.25) is 15.9 Å². The molecule has 1 aliphatic heterocycles. The Hall–Kier alpha value is -2.00. The first kappa shape index (κ1) is 12.5. The standard InChI is InChI=1S/C12H12N4OS/c13-7-8-1-3-9(4-2-8)16-6-5-10(11(16)17)18-12(14)15/h1-4,10H,5-6H2,(H3,14,15)/p+1. The van der Waals surface area contributed by atoms with Gasteiger partial charge in [0.05, 0.1) is 16.9 Å². The molecule has 1 unspecified atom stereocenters. The van der Waals surface area contributed by atoms with Crippen LogP contribution in [0.25, 0.3) is 0 Å². The number of nitrogens with zero attached hydrogens (tertiary/aromatic N) is 2. The molecular formula is C12H13N4OS+. The Kier molecular flexibility index (Phi) is 3.53. The quantitative estimate of drug-likeness (QED) is 0.552. The van der Waals surface area contributed by atoms with E-state index in [0.29, 0.717) is 12.1 Å². The minimum absolute atomic E-state index is 0.0121. The molecule has 18 heavy (non-hydrogen) atoms. The fourth-order valence-electron chi connectivity index (χ4n) is 1.90. The van der Waals surface area contributed by atoms with Crippen molar-refractivity contribution in [1.29, 1.82) is 5.26 Å². The number of carbonyl (C=O) groups excluding carboxylic acids is 1. The second-order valence-corrected chi connectivity index (χ2v) is 5.22. The van der Waals surface area contributed by atoms with Gasteiger partial charge in [0.25, 0.3) is 0 Å². The van der Waals surface area contributed by atoms with Crippen LogP contribution in [0.4, 0.5) is 5.69 Å². The monoisotopic (exact) mass is 261 g/mol. The zero-order chi connectivity index (χ0) is 13.1. The van der Waals surface area contributed by atoms with Crippen molar-refractivity contribution in [2.45, 2.75) is 11.7 Å². The van der Waals surface area contributed by atoms with Gasteiger partial charge in [-0.2, -0.15) is 5.26 Å². The van der Waals surface area contributed by atoms with Crippen LogP contribution in [0, 0.1) is 11.3 Å². The Morgan fingerprint density at radius 2 is 2.17 bits per heavy atom. The molecule has 0 radical (unpaired) electrons. The van der Waals surface area contributed by atoms with Crippen molar-refractivity contribution in [3.8, 4) is 6.07 Å². The van der Waals surface area contributed by atoms with E-state index in [4.69, 9.17) is 16.4 Å². The van der Waals surface area contributed by atoms with E-state index in [2.05, 4.69) is 0 Å². The van der Waals surface area contributed by atoms with Gasteiger partial charge in [-0.15, -0.1) is 0 Å².